The van der Waals surface area contributed by atoms with E-state index in [0.29, 0.717) is 17.5 Å². The molecule has 1 aromatic carbocycles. The van der Waals surface area contributed by atoms with E-state index < -0.39 is 17.2 Å². The van der Waals surface area contributed by atoms with Gasteiger partial charge in [-0.25, -0.2) is 4.79 Å². The Morgan fingerprint density at radius 2 is 1.86 bits per heavy atom. The zero-order valence-electron chi connectivity index (χ0n) is 14.1. The van der Waals surface area contributed by atoms with Gasteiger partial charge in [-0.15, -0.1) is 0 Å². The molecular formula is C18H26O4. The number of phenols is 1. The highest BCUT2D eigenvalue weighted by Gasteiger charge is 2.50. The Morgan fingerprint density at radius 3 is 2.36 bits per heavy atom. The van der Waals surface area contributed by atoms with Gasteiger partial charge in [0, 0.05) is 5.56 Å². The summed E-state index contributed by atoms with van der Waals surface area (Å²) in [7, 11) is 0. The maximum Gasteiger partial charge on any atom is 0.338 e. The standard InChI is InChI=1S/C18H26O4/c1-16(2,3)22-15(20)12-7-8-14(19)13(11-12)18(21)10-6-9-17(18,4)5/h7-8,11,19,21H,6,9-10H2,1-5H3. The number of hydrogen-bond donors (Lipinski definition) is 2. The summed E-state index contributed by atoms with van der Waals surface area (Å²) in [6.45, 7) is 9.39. The van der Waals surface area contributed by atoms with Crippen molar-refractivity contribution in [2.75, 3.05) is 0 Å². The SMILES string of the molecule is CC(C)(C)OC(=O)c1ccc(O)c(C2(O)CCCC2(C)C)c1. The summed E-state index contributed by atoms with van der Waals surface area (Å²) in [5, 5.41) is 21.3. The van der Waals surface area contributed by atoms with Crippen molar-refractivity contribution in [1.29, 1.82) is 0 Å². The fourth-order valence-electron chi connectivity index (χ4n) is 3.16. The van der Waals surface area contributed by atoms with E-state index in [1.165, 1.54) is 12.1 Å². The van der Waals surface area contributed by atoms with Crippen molar-refractivity contribution in [1.82, 2.24) is 0 Å². The van der Waals surface area contributed by atoms with Crippen LogP contribution in [0, 0.1) is 5.41 Å². The number of esters is 1. The van der Waals surface area contributed by atoms with Gasteiger partial charge < -0.3 is 14.9 Å². The van der Waals surface area contributed by atoms with Gasteiger partial charge in [0.2, 0.25) is 0 Å². The molecule has 0 saturated heterocycles. The van der Waals surface area contributed by atoms with Crippen LogP contribution in [0.2, 0.25) is 0 Å². The molecule has 0 aromatic heterocycles. The number of rotatable bonds is 2. The molecule has 0 bridgehead atoms. The molecule has 0 radical (unpaired) electrons. The third-order valence-electron chi connectivity index (χ3n) is 4.54. The van der Waals surface area contributed by atoms with E-state index in [-0.39, 0.29) is 11.2 Å². The third kappa shape index (κ3) is 2.98. The van der Waals surface area contributed by atoms with Crippen molar-refractivity contribution in [3.8, 4) is 5.75 Å². The molecule has 0 amide bonds. The van der Waals surface area contributed by atoms with E-state index in [9.17, 15) is 15.0 Å². The molecule has 2 rings (SSSR count). The van der Waals surface area contributed by atoms with Gasteiger partial charge >= 0.3 is 5.97 Å². The second-order valence-corrected chi connectivity index (χ2v) is 7.83. The van der Waals surface area contributed by atoms with Crippen LogP contribution in [0.25, 0.3) is 0 Å². The van der Waals surface area contributed by atoms with Crippen molar-refractivity contribution < 1.29 is 19.7 Å². The molecule has 1 aromatic rings. The predicted molar refractivity (Wildman–Crippen MR) is 84.8 cm³/mol. The van der Waals surface area contributed by atoms with E-state index in [1.807, 2.05) is 13.8 Å². The Labute approximate surface area is 132 Å². The predicted octanol–water partition coefficient (Wildman–Crippen LogP) is 3.75. The number of benzene rings is 1. The minimum absolute atomic E-state index is 0.0183. The normalized spacial score (nSPS) is 24.3. The Morgan fingerprint density at radius 1 is 1.23 bits per heavy atom. The van der Waals surface area contributed by atoms with Crippen LogP contribution in [-0.2, 0) is 10.3 Å². The average molecular weight is 306 g/mol. The van der Waals surface area contributed by atoms with Crippen LogP contribution in [-0.4, -0.2) is 21.8 Å². The molecular weight excluding hydrogens is 280 g/mol. The fraction of sp³-hybridized carbons (Fsp3) is 0.611. The van der Waals surface area contributed by atoms with Gasteiger partial charge in [0.15, 0.2) is 0 Å². The zero-order chi connectivity index (χ0) is 16.8. The summed E-state index contributed by atoms with van der Waals surface area (Å²) in [6, 6.07) is 4.55. The molecule has 4 heteroatoms. The first-order chi connectivity index (χ1) is 9.96. The average Bonchev–Trinajstić information content (AvgIpc) is 2.62. The molecule has 122 valence electrons. The number of aromatic hydroxyl groups is 1. The lowest BCUT2D eigenvalue weighted by Gasteiger charge is -2.37. The molecule has 0 heterocycles. The monoisotopic (exact) mass is 306 g/mol. The quantitative estimate of drug-likeness (QED) is 0.817. The summed E-state index contributed by atoms with van der Waals surface area (Å²) >= 11 is 0. The van der Waals surface area contributed by atoms with Gasteiger partial charge in [-0.1, -0.05) is 13.8 Å². The molecule has 2 N–H and O–H groups in total. The number of aliphatic hydroxyl groups is 1. The van der Waals surface area contributed by atoms with Crippen LogP contribution in [0.4, 0.5) is 0 Å². The number of ether oxygens (including phenoxy) is 1. The maximum atomic E-state index is 12.2. The van der Waals surface area contributed by atoms with Crippen molar-refractivity contribution in [3.63, 3.8) is 0 Å². The highest BCUT2D eigenvalue weighted by atomic mass is 16.6. The molecule has 1 saturated carbocycles. The van der Waals surface area contributed by atoms with E-state index >= 15 is 0 Å². The van der Waals surface area contributed by atoms with Gasteiger partial charge in [-0.3, -0.25) is 0 Å². The first-order valence-corrected chi connectivity index (χ1v) is 7.75. The minimum atomic E-state index is -1.13. The van der Waals surface area contributed by atoms with Gasteiger partial charge in [-0.05, 0) is 63.6 Å². The molecule has 1 fully saturated rings. The lowest BCUT2D eigenvalue weighted by Crippen LogP contribution is -2.37. The minimum Gasteiger partial charge on any atom is -0.508 e. The maximum absolute atomic E-state index is 12.2. The van der Waals surface area contributed by atoms with Crippen LogP contribution in [0.3, 0.4) is 0 Å². The molecule has 0 aliphatic heterocycles. The second kappa shape index (κ2) is 5.27. The van der Waals surface area contributed by atoms with Crippen molar-refractivity contribution in [3.05, 3.63) is 29.3 Å². The first-order valence-electron chi connectivity index (χ1n) is 7.75. The van der Waals surface area contributed by atoms with Gasteiger partial charge in [0.1, 0.15) is 11.4 Å². The van der Waals surface area contributed by atoms with E-state index in [4.69, 9.17) is 4.74 Å². The fourth-order valence-corrected chi connectivity index (χ4v) is 3.16. The van der Waals surface area contributed by atoms with Gasteiger partial charge in [0.25, 0.3) is 0 Å². The molecule has 1 atom stereocenters. The van der Waals surface area contributed by atoms with Crippen molar-refractivity contribution in [2.45, 2.75) is 65.1 Å². The number of hydrogen-bond acceptors (Lipinski definition) is 4. The van der Waals surface area contributed by atoms with E-state index in [1.54, 1.807) is 26.8 Å². The van der Waals surface area contributed by atoms with E-state index in [2.05, 4.69) is 0 Å². The lowest BCUT2D eigenvalue weighted by molar-refractivity contribution is -0.0501. The summed E-state index contributed by atoms with van der Waals surface area (Å²) in [4.78, 5) is 12.2. The van der Waals surface area contributed by atoms with Crippen LogP contribution in [0.1, 0.15) is 69.8 Å². The topological polar surface area (TPSA) is 66.8 Å². The third-order valence-corrected chi connectivity index (χ3v) is 4.54. The molecule has 1 unspecified atom stereocenters. The number of carbonyl (C=O) groups is 1. The first kappa shape index (κ1) is 16.8. The Bertz CT molecular complexity index is 583. The van der Waals surface area contributed by atoms with Crippen molar-refractivity contribution >= 4 is 5.97 Å². The van der Waals surface area contributed by atoms with Crippen LogP contribution in [0.5, 0.6) is 5.75 Å². The Kier molecular flexibility index (Phi) is 4.03. The summed E-state index contributed by atoms with van der Waals surface area (Å²) in [5.74, 6) is -0.432. The highest BCUT2D eigenvalue weighted by molar-refractivity contribution is 5.90. The Balaban J connectivity index is 2.42. The summed E-state index contributed by atoms with van der Waals surface area (Å²) in [5.41, 5.74) is -1.30. The summed E-state index contributed by atoms with van der Waals surface area (Å²) < 4.78 is 5.36. The van der Waals surface area contributed by atoms with Gasteiger partial charge in [-0.2, -0.15) is 0 Å². The number of phenolic OH excluding ortho intramolecular Hbond substituents is 1. The molecule has 0 spiro atoms. The van der Waals surface area contributed by atoms with Crippen LogP contribution >= 0.6 is 0 Å². The summed E-state index contributed by atoms with van der Waals surface area (Å²) in [6.07, 6.45) is 2.34. The zero-order valence-corrected chi connectivity index (χ0v) is 14.1. The highest BCUT2D eigenvalue weighted by Crippen LogP contribution is 2.54. The molecule has 1 aliphatic carbocycles. The largest absolute Gasteiger partial charge is 0.508 e. The smallest absolute Gasteiger partial charge is 0.338 e. The lowest BCUT2D eigenvalue weighted by atomic mass is 9.73. The number of carbonyl (C=O) groups excluding carboxylic acids is 1. The van der Waals surface area contributed by atoms with Crippen LogP contribution < -0.4 is 0 Å². The molecule has 1 aliphatic rings. The Hall–Kier alpha value is -1.55. The van der Waals surface area contributed by atoms with Gasteiger partial charge in [0.05, 0.1) is 11.2 Å². The molecule has 4 nitrogen and oxygen atoms in total. The van der Waals surface area contributed by atoms with Crippen molar-refractivity contribution in [2.24, 2.45) is 5.41 Å². The van der Waals surface area contributed by atoms with Crippen LogP contribution in [0.15, 0.2) is 18.2 Å². The molecule has 22 heavy (non-hydrogen) atoms. The second-order valence-electron chi connectivity index (χ2n) is 7.83. The van der Waals surface area contributed by atoms with E-state index in [0.717, 1.165) is 12.8 Å².